The lowest BCUT2D eigenvalue weighted by atomic mass is 10.5. The number of amides is 2. The van der Waals surface area contributed by atoms with Crippen LogP contribution < -0.4 is 5.32 Å². The number of hydrogen-bond donors (Lipinski definition) is 1. The first-order valence-electron chi connectivity index (χ1n) is 4.10. The van der Waals surface area contributed by atoms with Crippen LogP contribution in [0.3, 0.4) is 0 Å². The van der Waals surface area contributed by atoms with Crippen molar-refractivity contribution in [2.24, 2.45) is 5.10 Å². The molecule has 14 heavy (non-hydrogen) atoms. The van der Waals surface area contributed by atoms with E-state index in [1.54, 1.807) is 12.1 Å². The quantitative estimate of drug-likeness (QED) is 0.815. The number of hydrazone groups is 1. The van der Waals surface area contributed by atoms with Crippen molar-refractivity contribution >= 4 is 28.2 Å². The van der Waals surface area contributed by atoms with Crippen molar-refractivity contribution in [1.29, 1.82) is 0 Å². The van der Waals surface area contributed by atoms with Crippen LogP contribution in [-0.2, 0) is 0 Å². The van der Waals surface area contributed by atoms with E-state index in [1.807, 2.05) is 0 Å². The Hall–Kier alpha value is -1.30. The molecule has 1 N–H and O–H groups in total. The van der Waals surface area contributed by atoms with Crippen LogP contribution >= 0.6 is 15.9 Å². The van der Waals surface area contributed by atoms with Gasteiger partial charge in [-0.3, -0.25) is 0 Å². The Bertz CT molecular complexity index is 374. The van der Waals surface area contributed by atoms with Crippen LogP contribution in [0, 0.1) is 0 Å². The third kappa shape index (κ3) is 1.95. The van der Waals surface area contributed by atoms with Gasteiger partial charge in [-0.15, -0.1) is 0 Å². The molecule has 1 aromatic heterocycles. The molecular weight excluding hydrogens is 250 g/mol. The molecule has 1 fully saturated rings. The fraction of sp³-hybridized carbons (Fsp3) is 0.250. The van der Waals surface area contributed by atoms with Gasteiger partial charge < -0.3 is 9.73 Å². The summed E-state index contributed by atoms with van der Waals surface area (Å²) >= 11 is 3.18. The van der Waals surface area contributed by atoms with Crippen molar-refractivity contribution in [3.05, 3.63) is 22.6 Å². The lowest BCUT2D eigenvalue weighted by Gasteiger charge is -2.03. The Morgan fingerprint density at radius 3 is 3.07 bits per heavy atom. The normalized spacial score (nSPS) is 16.6. The predicted octanol–water partition coefficient (Wildman–Crippen LogP) is 1.40. The maximum absolute atomic E-state index is 11.1. The van der Waals surface area contributed by atoms with E-state index in [0.29, 0.717) is 23.5 Å². The highest BCUT2D eigenvalue weighted by molar-refractivity contribution is 9.10. The Balaban J connectivity index is 2.03. The van der Waals surface area contributed by atoms with Crippen molar-refractivity contribution in [3.63, 3.8) is 0 Å². The van der Waals surface area contributed by atoms with Crippen LogP contribution in [-0.4, -0.2) is 30.3 Å². The number of nitrogens with zero attached hydrogens (tertiary/aromatic N) is 2. The summed E-state index contributed by atoms with van der Waals surface area (Å²) in [6, 6.07) is 3.36. The van der Waals surface area contributed by atoms with Crippen molar-refractivity contribution in [3.8, 4) is 0 Å². The average Bonchev–Trinajstić information content (AvgIpc) is 2.72. The largest absolute Gasteiger partial charge is 0.448 e. The number of hydrogen-bond acceptors (Lipinski definition) is 3. The summed E-state index contributed by atoms with van der Waals surface area (Å²) < 4.78 is 5.83. The molecule has 0 saturated carbocycles. The molecule has 1 aromatic rings. The molecule has 0 unspecified atom stereocenters. The standard InChI is InChI=1S/C8H8BrN3O2/c9-7-2-1-6(14-7)5-11-12-4-3-10-8(12)13/h1-2,5H,3-4H2,(H,10,13). The molecule has 6 heteroatoms. The summed E-state index contributed by atoms with van der Waals surface area (Å²) in [5.74, 6) is 0.608. The molecule has 2 rings (SSSR count). The monoisotopic (exact) mass is 257 g/mol. The van der Waals surface area contributed by atoms with Gasteiger partial charge in [-0.25, -0.2) is 9.80 Å². The van der Waals surface area contributed by atoms with E-state index >= 15 is 0 Å². The number of furan rings is 1. The Morgan fingerprint density at radius 1 is 1.64 bits per heavy atom. The lowest BCUT2D eigenvalue weighted by molar-refractivity contribution is 0.219. The first kappa shape index (κ1) is 9.26. The molecular formula is C8H8BrN3O2. The van der Waals surface area contributed by atoms with E-state index < -0.39 is 0 Å². The fourth-order valence-electron chi connectivity index (χ4n) is 1.10. The SMILES string of the molecule is O=C1NCCN1N=Cc1ccc(Br)o1. The minimum absolute atomic E-state index is 0.174. The van der Waals surface area contributed by atoms with Crippen LogP contribution in [0.25, 0.3) is 0 Å². The van der Waals surface area contributed by atoms with Gasteiger partial charge in [0, 0.05) is 6.54 Å². The second kappa shape index (κ2) is 3.83. The van der Waals surface area contributed by atoms with Gasteiger partial charge in [-0.2, -0.15) is 5.10 Å². The van der Waals surface area contributed by atoms with Crippen LogP contribution in [0.1, 0.15) is 5.76 Å². The number of urea groups is 1. The maximum atomic E-state index is 11.1. The van der Waals surface area contributed by atoms with Crippen LogP contribution in [0.5, 0.6) is 0 Å². The molecule has 2 amide bonds. The van der Waals surface area contributed by atoms with Crippen molar-refractivity contribution in [1.82, 2.24) is 10.3 Å². The summed E-state index contributed by atoms with van der Waals surface area (Å²) in [6.45, 7) is 1.23. The smallest absolute Gasteiger partial charge is 0.337 e. The molecule has 0 aliphatic carbocycles. The van der Waals surface area contributed by atoms with Gasteiger partial charge in [-0.05, 0) is 28.1 Å². The molecule has 0 spiro atoms. The summed E-state index contributed by atoms with van der Waals surface area (Å²) in [7, 11) is 0. The zero-order chi connectivity index (χ0) is 9.97. The van der Waals surface area contributed by atoms with E-state index in [1.165, 1.54) is 11.2 Å². The number of halogens is 1. The topological polar surface area (TPSA) is 57.8 Å². The number of carbonyl (C=O) groups is 1. The molecule has 5 nitrogen and oxygen atoms in total. The molecule has 0 atom stereocenters. The second-order valence-corrected chi connectivity index (χ2v) is 3.52. The molecule has 0 radical (unpaired) electrons. The van der Waals surface area contributed by atoms with E-state index in [9.17, 15) is 4.79 Å². The Morgan fingerprint density at radius 2 is 2.50 bits per heavy atom. The highest BCUT2D eigenvalue weighted by Crippen LogP contribution is 2.12. The van der Waals surface area contributed by atoms with E-state index in [4.69, 9.17) is 4.42 Å². The zero-order valence-electron chi connectivity index (χ0n) is 7.24. The summed E-state index contributed by atoms with van der Waals surface area (Å²) in [5, 5.41) is 7.97. The summed E-state index contributed by atoms with van der Waals surface area (Å²) in [4.78, 5) is 11.1. The van der Waals surface area contributed by atoms with Gasteiger partial charge >= 0.3 is 6.03 Å². The van der Waals surface area contributed by atoms with Gasteiger partial charge in [0.25, 0.3) is 0 Å². The predicted molar refractivity (Wildman–Crippen MR) is 54.1 cm³/mol. The molecule has 74 valence electrons. The first-order valence-corrected chi connectivity index (χ1v) is 4.90. The lowest BCUT2D eigenvalue weighted by Crippen LogP contribution is -2.23. The number of carbonyl (C=O) groups excluding carboxylic acids is 1. The van der Waals surface area contributed by atoms with Crippen molar-refractivity contribution < 1.29 is 9.21 Å². The molecule has 0 bridgehead atoms. The molecule has 1 aliphatic heterocycles. The zero-order valence-corrected chi connectivity index (χ0v) is 8.82. The Kier molecular flexibility index (Phi) is 2.53. The minimum atomic E-state index is -0.174. The average molecular weight is 258 g/mol. The first-order chi connectivity index (χ1) is 6.75. The van der Waals surface area contributed by atoms with E-state index in [-0.39, 0.29) is 6.03 Å². The van der Waals surface area contributed by atoms with Crippen LogP contribution in [0.15, 0.2) is 26.3 Å². The third-order valence-electron chi connectivity index (χ3n) is 1.75. The Labute approximate surface area is 88.9 Å². The second-order valence-electron chi connectivity index (χ2n) is 2.74. The van der Waals surface area contributed by atoms with Gasteiger partial charge in [0.15, 0.2) is 4.67 Å². The van der Waals surface area contributed by atoms with Crippen molar-refractivity contribution in [2.75, 3.05) is 13.1 Å². The molecule has 2 heterocycles. The number of rotatable bonds is 2. The molecule has 1 aliphatic rings. The summed E-state index contributed by atoms with van der Waals surface area (Å²) in [5.41, 5.74) is 0. The highest BCUT2D eigenvalue weighted by Gasteiger charge is 2.17. The van der Waals surface area contributed by atoms with Gasteiger partial charge in [0.05, 0.1) is 12.8 Å². The third-order valence-corrected chi connectivity index (χ3v) is 2.18. The fourth-order valence-corrected chi connectivity index (χ4v) is 1.42. The molecule has 0 aromatic carbocycles. The van der Waals surface area contributed by atoms with Crippen LogP contribution in [0.2, 0.25) is 0 Å². The number of nitrogens with one attached hydrogen (secondary N) is 1. The summed E-state index contributed by atoms with van der Waals surface area (Å²) in [6.07, 6.45) is 1.51. The van der Waals surface area contributed by atoms with Gasteiger partial charge in [0.2, 0.25) is 0 Å². The minimum Gasteiger partial charge on any atom is -0.448 e. The van der Waals surface area contributed by atoms with Gasteiger partial charge in [-0.1, -0.05) is 0 Å². The van der Waals surface area contributed by atoms with Crippen molar-refractivity contribution in [2.45, 2.75) is 0 Å². The van der Waals surface area contributed by atoms with E-state index in [2.05, 4.69) is 26.3 Å². The molecule has 1 saturated heterocycles. The van der Waals surface area contributed by atoms with Crippen LogP contribution in [0.4, 0.5) is 4.79 Å². The maximum Gasteiger partial charge on any atom is 0.337 e. The highest BCUT2D eigenvalue weighted by atomic mass is 79.9. The van der Waals surface area contributed by atoms with Gasteiger partial charge in [0.1, 0.15) is 5.76 Å². The van der Waals surface area contributed by atoms with E-state index in [0.717, 1.165) is 0 Å².